The van der Waals surface area contributed by atoms with Gasteiger partial charge in [-0.05, 0) is 12.8 Å². The monoisotopic (exact) mass is 149 g/mol. The highest BCUT2D eigenvalue weighted by Crippen LogP contribution is 2.05. The lowest BCUT2D eigenvalue weighted by Gasteiger charge is -2.07. The molecule has 1 atom stereocenters. The lowest BCUT2D eigenvalue weighted by atomic mass is 10.7. The summed E-state index contributed by atoms with van der Waals surface area (Å²) >= 11 is 1.37. The molecule has 0 aromatic rings. The topological polar surface area (TPSA) is 49.3 Å². The van der Waals surface area contributed by atoms with Gasteiger partial charge in [0.1, 0.15) is 0 Å². The van der Waals surface area contributed by atoms with Crippen molar-refractivity contribution in [3.05, 3.63) is 0 Å². The number of nitrogens with one attached hydrogen (secondary N) is 1. The Labute approximate surface area is 58.8 Å². The Balaban J connectivity index is 3.54. The van der Waals surface area contributed by atoms with E-state index in [0.29, 0.717) is 0 Å². The molecule has 0 rings (SSSR count). The second-order valence-corrected chi connectivity index (χ2v) is 2.84. The Morgan fingerprint density at radius 2 is 2.44 bits per heavy atom. The fourth-order valence-electron chi connectivity index (χ4n) is 0.445. The summed E-state index contributed by atoms with van der Waals surface area (Å²) < 4.78 is 0. The number of thioether (sulfide) groups is 1. The van der Waals surface area contributed by atoms with E-state index in [9.17, 15) is 4.79 Å². The number of likely N-dealkylation sites (N-methyl/N-ethyl adjacent to an activating group) is 1. The first-order valence-electron chi connectivity index (χ1n) is 2.74. The summed E-state index contributed by atoms with van der Waals surface area (Å²) in [5.74, 6) is 0.0157. The molecular formula is C5H11NO2S. The average molecular weight is 149 g/mol. The zero-order valence-corrected chi connectivity index (χ0v) is 6.36. The Kier molecular flexibility index (Phi) is 4.53. The van der Waals surface area contributed by atoms with E-state index in [2.05, 4.69) is 5.32 Å². The van der Waals surface area contributed by atoms with Gasteiger partial charge in [0.05, 0.1) is 0 Å². The van der Waals surface area contributed by atoms with E-state index in [0.717, 1.165) is 5.75 Å². The molecule has 0 saturated heterocycles. The first kappa shape index (κ1) is 8.78. The molecule has 0 aromatic carbocycles. The second-order valence-electron chi connectivity index (χ2n) is 1.46. The number of hydrogen-bond acceptors (Lipinski definition) is 3. The van der Waals surface area contributed by atoms with E-state index in [4.69, 9.17) is 5.11 Å². The molecule has 4 heteroatoms. The molecule has 1 unspecified atom stereocenters. The third-order valence-electron chi connectivity index (χ3n) is 0.820. The Morgan fingerprint density at radius 3 is 2.56 bits per heavy atom. The number of hydrogen-bond donors (Lipinski definition) is 2. The number of carboxylic acids is 1. The van der Waals surface area contributed by atoms with Gasteiger partial charge in [-0.1, -0.05) is 6.92 Å². The highest BCUT2D eigenvalue weighted by atomic mass is 32.2. The zero-order chi connectivity index (χ0) is 7.28. The van der Waals surface area contributed by atoms with Crippen molar-refractivity contribution in [2.45, 2.75) is 12.3 Å². The highest BCUT2D eigenvalue weighted by molar-refractivity contribution is 8.00. The van der Waals surface area contributed by atoms with E-state index in [1.165, 1.54) is 11.8 Å². The molecule has 54 valence electrons. The molecule has 0 heterocycles. The van der Waals surface area contributed by atoms with Gasteiger partial charge < -0.3 is 5.11 Å². The van der Waals surface area contributed by atoms with Gasteiger partial charge in [-0.25, -0.2) is 4.79 Å². The summed E-state index contributed by atoms with van der Waals surface area (Å²) in [5, 5.41) is 10.6. The van der Waals surface area contributed by atoms with E-state index >= 15 is 0 Å². The highest BCUT2D eigenvalue weighted by Gasteiger charge is 2.12. The SMILES string of the molecule is CCSC(NC)C(=O)O. The molecule has 0 aliphatic carbocycles. The maximum absolute atomic E-state index is 10.2. The van der Waals surface area contributed by atoms with Crippen molar-refractivity contribution in [1.82, 2.24) is 5.32 Å². The first-order chi connectivity index (χ1) is 4.22. The summed E-state index contributed by atoms with van der Waals surface area (Å²) in [6.07, 6.45) is 0. The van der Waals surface area contributed by atoms with Gasteiger partial charge in [-0.3, -0.25) is 5.32 Å². The third kappa shape index (κ3) is 3.37. The molecule has 2 N–H and O–H groups in total. The standard InChI is InChI=1S/C5H11NO2S/c1-3-9-4(6-2)5(7)8/h4,6H,3H2,1-2H3,(H,7,8). The van der Waals surface area contributed by atoms with Crippen LogP contribution in [-0.4, -0.2) is 29.3 Å². The molecule has 0 bridgehead atoms. The van der Waals surface area contributed by atoms with Crippen LogP contribution in [0, 0.1) is 0 Å². The van der Waals surface area contributed by atoms with Crippen molar-refractivity contribution in [2.75, 3.05) is 12.8 Å². The van der Waals surface area contributed by atoms with Gasteiger partial charge in [0.2, 0.25) is 0 Å². The zero-order valence-electron chi connectivity index (χ0n) is 5.55. The summed E-state index contributed by atoms with van der Waals surface area (Å²) in [4.78, 5) is 10.2. The van der Waals surface area contributed by atoms with Crippen LogP contribution in [0.4, 0.5) is 0 Å². The van der Waals surface area contributed by atoms with Crippen LogP contribution >= 0.6 is 11.8 Å². The van der Waals surface area contributed by atoms with Crippen molar-refractivity contribution in [2.24, 2.45) is 0 Å². The van der Waals surface area contributed by atoms with Gasteiger partial charge in [-0.2, -0.15) is 0 Å². The van der Waals surface area contributed by atoms with Crippen LogP contribution in [0.5, 0.6) is 0 Å². The van der Waals surface area contributed by atoms with Gasteiger partial charge in [0.15, 0.2) is 5.37 Å². The predicted molar refractivity (Wildman–Crippen MR) is 38.6 cm³/mol. The largest absolute Gasteiger partial charge is 0.479 e. The first-order valence-corrected chi connectivity index (χ1v) is 3.79. The van der Waals surface area contributed by atoms with Crippen LogP contribution in [0.1, 0.15) is 6.92 Å². The van der Waals surface area contributed by atoms with Crippen molar-refractivity contribution in [3.63, 3.8) is 0 Å². The Hall–Kier alpha value is -0.220. The fourth-order valence-corrected chi connectivity index (χ4v) is 1.09. The number of rotatable bonds is 4. The third-order valence-corrected chi connectivity index (χ3v) is 1.92. The van der Waals surface area contributed by atoms with E-state index in [1.54, 1.807) is 7.05 Å². The molecule has 0 amide bonds. The number of carboxylic acid groups (broad SMARTS) is 1. The molecule has 0 radical (unpaired) electrons. The summed E-state index contributed by atoms with van der Waals surface area (Å²) in [7, 11) is 1.64. The van der Waals surface area contributed by atoms with Crippen LogP contribution in [0.15, 0.2) is 0 Å². The van der Waals surface area contributed by atoms with Gasteiger partial charge in [0.25, 0.3) is 0 Å². The van der Waals surface area contributed by atoms with E-state index in [1.807, 2.05) is 6.92 Å². The van der Waals surface area contributed by atoms with Crippen molar-refractivity contribution < 1.29 is 9.90 Å². The van der Waals surface area contributed by atoms with E-state index in [-0.39, 0.29) is 0 Å². The molecule has 0 spiro atoms. The lowest BCUT2D eigenvalue weighted by Crippen LogP contribution is -2.30. The minimum Gasteiger partial charge on any atom is -0.479 e. The normalized spacial score (nSPS) is 13.1. The smallest absolute Gasteiger partial charge is 0.331 e. The van der Waals surface area contributed by atoms with Gasteiger partial charge >= 0.3 is 5.97 Å². The molecule has 0 aliphatic heterocycles. The number of carbonyl (C=O) groups is 1. The minimum absolute atomic E-state index is 0.449. The Morgan fingerprint density at radius 1 is 1.89 bits per heavy atom. The molecule has 0 fully saturated rings. The van der Waals surface area contributed by atoms with Crippen molar-refractivity contribution >= 4 is 17.7 Å². The average Bonchev–Trinajstić information content (AvgIpc) is 1.82. The number of aliphatic carboxylic acids is 1. The molecular weight excluding hydrogens is 138 g/mol. The maximum atomic E-state index is 10.2. The molecule has 0 aromatic heterocycles. The van der Waals surface area contributed by atoms with Crippen LogP contribution < -0.4 is 5.32 Å². The quantitative estimate of drug-likeness (QED) is 0.567. The van der Waals surface area contributed by atoms with E-state index < -0.39 is 11.3 Å². The Bertz CT molecular complexity index is 97.0. The van der Waals surface area contributed by atoms with Crippen LogP contribution in [0.2, 0.25) is 0 Å². The molecule has 3 nitrogen and oxygen atoms in total. The predicted octanol–water partition coefficient (Wildman–Crippen LogP) is 0.370. The van der Waals surface area contributed by atoms with Gasteiger partial charge in [-0.15, -0.1) is 11.8 Å². The van der Waals surface area contributed by atoms with Gasteiger partial charge in [0, 0.05) is 0 Å². The van der Waals surface area contributed by atoms with Crippen LogP contribution in [0.3, 0.4) is 0 Å². The second kappa shape index (κ2) is 4.64. The molecule has 9 heavy (non-hydrogen) atoms. The summed E-state index contributed by atoms with van der Waals surface area (Å²) in [6, 6.07) is 0. The van der Waals surface area contributed by atoms with Crippen molar-refractivity contribution in [1.29, 1.82) is 0 Å². The van der Waals surface area contributed by atoms with Crippen molar-refractivity contribution in [3.8, 4) is 0 Å². The van der Waals surface area contributed by atoms with Crippen LogP contribution in [0.25, 0.3) is 0 Å². The lowest BCUT2D eigenvalue weighted by molar-refractivity contribution is -0.136. The molecule has 0 saturated carbocycles. The minimum atomic E-state index is -0.802. The van der Waals surface area contributed by atoms with Crippen LogP contribution in [-0.2, 0) is 4.79 Å². The fraction of sp³-hybridized carbons (Fsp3) is 0.800. The maximum Gasteiger partial charge on any atom is 0.331 e. The molecule has 0 aliphatic rings. The summed E-state index contributed by atoms with van der Waals surface area (Å²) in [6.45, 7) is 1.93. The summed E-state index contributed by atoms with van der Waals surface area (Å²) in [5.41, 5.74) is 0.